The van der Waals surface area contributed by atoms with Crippen LogP contribution in [0.1, 0.15) is 20.7 Å². The van der Waals surface area contributed by atoms with Gasteiger partial charge in [-0.25, -0.2) is 4.90 Å². The number of carbonyl (C=O) groups is 2. The Morgan fingerprint density at radius 3 is 2.30 bits per heavy atom. The molecule has 1 aliphatic heterocycles. The van der Waals surface area contributed by atoms with E-state index in [9.17, 15) is 9.59 Å². The van der Waals surface area contributed by atoms with Crippen molar-refractivity contribution in [1.82, 2.24) is 0 Å². The highest BCUT2D eigenvalue weighted by molar-refractivity contribution is 9.10. The van der Waals surface area contributed by atoms with E-state index in [1.54, 1.807) is 36.4 Å². The molecular formula is C14H6Br2ClNO2. The maximum Gasteiger partial charge on any atom is 0.266 e. The first kappa shape index (κ1) is 13.8. The fraction of sp³-hybridized carbons (Fsp3) is 0. The van der Waals surface area contributed by atoms with E-state index < -0.39 is 0 Å². The Bertz CT molecular complexity index is 761. The molecule has 0 fully saturated rings. The zero-order valence-corrected chi connectivity index (χ0v) is 13.8. The number of imide groups is 1. The van der Waals surface area contributed by atoms with Gasteiger partial charge in [-0.1, -0.05) is 27.5 Å². The maximum absolute atomic E-state index is 12.4. The van der Waals surface area contributed by atoms with E-state index in [0.29, 0.717) is 26.3 Å². The minimum absolute atomic E-state index is 0.337. The van der Waals surface area contributed by atoms with Gasteiger partial charge in [-0.2, -0.15) is 0 Å². The normalized spacial score (nSPS) is 13.8. The van der Waals surface area contributed by atoms with E-state index in [1.165, 1.54) is 0 Å². The molecule has 0 saturated carbocycles. The minimum Gasteiger partial charge on any atom is -0.268 e. The molecule has 0 aliphatic carbocycles. The molecule has 100 valence electrons. The molecule has 20 heavy (non-hydrogen) atoms. The van der Waals surface area contributed by atoms with Gasteiger partial charge < -0.3 is 0 Å². The number of fused-ring (bicyclic) bond motifs is 1. The summed E-state index contributed by atoms with van der Waals surface area (Å²) in [5, 5.41) is 0.445. The summed E-state index contributed by atoms with van der Waals surface area (Å²) in [4.78, 5) is 25.9. The molecule has 1 aliphatic rings. The van der Waals surface area contributed by atoms with E-state index in [4.69, 9.17) is 11.6 Å². The number of anilines is 1. The quantitative estimate of drug-likeness (QED) is 0.635. The van der Waals surface area contributed by atoms with Gasteiger partial charge in [0, 0.05) is 8.95 Å². The molecule has 6 heteroatoms. The lowest BCUT2D eigenvalue weighted by Crippen LogP contribution is -2.29. The van der Waals surface area contributed by atoms with Gasteiger partial charge in [0.1, 0.15) is 0 Å². The van der Waals surface area contributed by atoms with Gasteiger partial charge in [-0.3, -0.25) is 9.59 Å². The van der Waals surface area contributed by atoms with Crippen molar-refractivity contribution in [3.63, 3.8) is 0 Å². The van der Waals surface area contributed by atoms with Gasteiger partial charge in [0.05, 0.1) is 21.8 Å². The summed E-state index contributed by atoms with van der Waals surface area (Å²) in [5.74, 6) is -0.680. The third-order valence-electron chi connectivity index (χ3n) is 3.01. The molecule has 0 N–H and O–H groups in total. The molecular weight excluding hydrogens is 409 g/mol. The molecule has 0 aromatic heterocycles. The predicted molar refractivity (Wildman–Crippen MR) is 84.4 cm³/mol. The van der Waals surface area contributed by atoms with Gasteiger partial charge in [0.2, 0.25) is 0 Å². The Morgan fingerprint density at radius 1 is 0.900 bits per heavy atom. The minimum atomic E-state index is -0.343. The summed E-state index contributed by atoms with van der Waals surface area (Å²) in [6, 6.07) is 9.99. The van der Waals surface area contributed by atoms with Crippen molar-refractivity contribution in [2.24, 2.45) is 0 Å². The Morgan fingerprint density at radius 2 is 1.60 bits per heavy atom. The van der Waals surface area contributed by atoms with Crippen LogP contribution in [0.25, 0.3) is 0 Å². The molecule has 0 unspecified atom stereocenters. The fourth-order valence-electron chi connectivity index (χ4n) is 2.07. The average molecular weight is 415 g/mol. The number of hydrogen-bond donors (Lipinski definition) is 0. The van der Waals surface area contributed by atoms with Crippen molar-refractivity contribution in [1.29, 1.82) is 0 Å². The SMILES string of the molecule is O=C1c2ccc(Br)cc2C(=O)N1c1ccc(Br)c(Cl)c1. The smallest absolute Gasteiger partial charge is 0.266 e. The summed E-state index contributed by atoms with van der Waals surface area (Å²) in [6.45, 7) is 0. The molecule has 0 bridgehead atoms. The molecule has 1 heterocycles. The number of amides is 2. The first-order chi connectivity index (χ1) is 9.49. The highest BCUT2D eigenvalue weighted by Gasteiger charge is 2.36. The number of rotatable bonds is 1. The molecule has 3 nitrogen and oxygen atoms in total. The first-order valence-electron chi connectivity index (χ1n) is 5.62. The summed E-state index contributed by atoms with van der Waals surface area (Å²) in [7, 11) is 0. The van der Waals surface area contributed by atoms with Crippen LogP contribution in [0.2, 0.25) is 5.02 Å². The van der Waals surface area contributed by atoms with Crippen LogP contribution in [0, 0.1) is 0 Å². The Kier molecular flexibility index (Phi) is 3.44. The topological polar surface area (TPSA) is 37.4 Å². The van der Waals surface area contributed by atoms with Crippen molar-refractivity contribution in [2.45, 2.75) is 0 Å². The number of benzene rings is 2. The van der Waals surface area contributed by atoms with Gasteiger partial charge >= 0.3 is 0 Å². The predicted octanol–water partition coefficient (Wildman–Crippen LogP) is 4.67. The zero-order valence-electron chi connectivity index (χ0n) is 9.86. The van der Waals surface area contributed by atoms with Crippen molar-refractivity contribution < 1.29 is 9.59 Å². The van der Waals surface area contributed by atoms with Crippen molar-refractivity contribution in [3.8, 4) is 0 Å². The third-order valence-corrected chi connectivity index (χ3v) is 4.74. The lowest BCUT2D eigenvalue weighted by molar-refractivity contribution is 0.0926. The zero-order chi connectivity index (χ0) is 14.4. The molecule has 2 aromatic carbocycles. The number of hydrogen-bond acceptors (Lipinski definition) is 2. The van der Waals surface area contributed by atoms with Crippen LogP contribution in [0.5, 0.6) is 0 Å². The van der Waals surface area contributed by atoms with Crippen LogP contribution >= 0.6 is 43.5 Å². The van der Waals surface area contributed by atoms with Crippen molar-refractivity contribution in [3.05, 3.63) is 61.5 Å². The van der Waals surface area contributed by atoms with Crippen LogP contribution in [-0.2, 0) is 0 Å². The van der Waals surface area contributed by atoms with Crippen LogP contribution in [-0.4, -0.2) is 11.8 Å². The molecule has 3 rings (SSSR count). The Labute approximate surface area is 136 Å². The second-order valence-corrected chi connectivity index (χ2v) is 6.41. The van der Waals surface area contributed by atoms with E-state index in [1.807, 2.05) is 0 Å². The van der Waals surface area contributed by atoms with E-state index in [2.05, 4.69) is 31.9 Å². The third kappa shape index (κ3) is 2.10. The van der Waals surface area contributed by atoms with Gasteiger partial charge in [0.25, 0.3) is 11.8 Å². The second-order valence-electron chi connectivity index (χ2n) is 4.23. The van der Waals surface area contributed by atoms with Crippen LogP contribution in [0.3, 0.4) is 0 Å². The monoisotopic (exact) mass is 413 g/mol. The fourth-order valence-corrected chi connectivity index (χ4v) is 2.85. The summed E-state index contributed by atoms with van der Waals surface area (Å²) in [6.07, 6.45) is 0. The summed E-state index contributed by atoms with van der Waals surface area (Å²) < 4.78 is 1.47. The molecule has 2 amide bonds. The van der Waals surface area contributed by atoms with Crippen molar-refractivity contribution in [2.75, 3.05) is 4.90 Å². The second kappa shape index (κ2) is 4.98. The first-order valence-corrected chi connectivity index (χ1v) is 7.59. The molecule has 0 saturated heterocycles. The molecule has 0 spiro atoms. The number of halogens is 3. The summed E-state index contributed by atoms with van der Waals surface area (Å²) in [5.41, 5.74) is 1.25. The van der Waals surface area contributed by atoms with E-state index >= 15 is 0 Å². The molecule has 0 radical (unpaired) electrons. The largest absolute Gasteiger partial charge is 0.268 e. The van der Waals surface area contributed by atoms with Gasteiger partial charge in [0.15, 0.2) is 0 Å². The van der Waals surface area contributed by atoms with Crippen LogP contribution in [0.15, 0.2) is 45.3 Å². The van der Waals surface area contributed by atoms with Crippen LogP contribution in [0.4, 0.5) is 5.69 Å². The lowest BCUT2D eigenvalue weighted by Gasteiger charge is -2.14. The van der Waals surface area contributed by atoms with E-state index in [-0.39, 0.29) is 11.8 Å². The van der Waals surface area contributed by atoms with Crippen LogP contribution < -0.4 is 4.90 Å². The summed E-state index contributed by atoms with van der Waals surface area (Å²) >= 11 is 12.6. The Balaban J connectivity index is 2.11. The van der Waals surface area contributed by atoms with E-state index in [0.717, 1.165) is 9.37 Å². The standard InChI is InChI=1S/C14H6Br2ClNO2/c15-7-1-3-9-10(5-7)14(20)18(13(9)19)8-2-4-11(16)12(17)6-8/h1-6H. The molecule has 0 atom stereocenters. The Hall–Kier alpha value is -1.17. The lowest BCUT2D eigenvalue weighted by atomic mass is 10.1. The average Bonchev–Trinajstić information content (AvgIpc) is 2.65. The maximum atomic E-state index is 12.4. The molecule has 2 aromatic rings. The number of carbonyl (C=O) groups excluding carboxylic acids is 2. The van der Waals surface area contributed by atoms with Gasteiger partial charge in [-0.05, 0) is 52.3 Å². The highest BCUT2D eigenvalue weighted by Crippen LogP contribution is 2.33. The van der Waals surface area contributed by atoms with Crippen molar-refractivity contribution >= 4 is 61.0 Å². The highest BCUT2D eigenvalue weighted by atomic mass is 79.9. The number of nitrogens with zero attached hydrogens (tertiary/aromatic N) is 1. The van der Waals surface area contributed by atoms with Gasteiger partial charge in [-0.15, -0.1) is 0 Å².